The quantitative estimate of drug-likeness (QED) is 0.690. The zero-order valence-corrected chi connectivity index (χ0v) is 15.5. The molecule has 0 saturated heterocycles. The van der Waals surface area contributed by atoms with Crippen molar-refractivity contribution in [2.75, 3.05) is 11.9 Å². The largest absolute Gasteiger partial charge is 0.478 e. The molecular formula is C18H19BrN4O. The van der Waals surface area contributed by atoms with Crippen molar-refractivity contribution in [3.8, 4) is 5.88 Å². The average Bonchev–Trinajstić information content (AvgIpc) is 2.55. The van der Waals surface area contributed by atoms with Crippen molar-refractivity contribution in [3.63, 3.8) is 0 Å². The van der Waals surface area contributed by atoms with Crippen molar-refractivity contribution in [2.45, 2.75) is 26.8 Å². The van der Waals surface area contributed by atoms with Gasteiger partial charge >= 0.3 is 0 Å². The molecule has 1 aromatic carbocycles. The van der Waals surface area contributed by atoms with Gasteiger partial charge in [0.25, 0.3) is 0 Å². The number of nitrogens with one attached hydrogen (secondary N) is 1. The highest BCUT2D eigenvalue weighted by atomic mass is 79.9. The first-order valence-electron chi connectivity index (χ1n) is 7.86. The van der Waals surface area contributed by atoms with Crippen molar-refractivity contribution < 1.29 is 4.74 Å². The van der Waals surface area contributed by atoms with Gasteiger partial charge in [-0.2, -0.15) is 0 Å². The van der Waals surface area contributed by atoms with E-state index in [1.807, 2.05) is 32.0 Å². The number of hydrogen-bond acceptors (Lipinski definition) is 5. The summed E-state index contributed by atoms with van der Waals surface area (Å²) >= 11 is 3.52. The molecule has 0 radical (unpaired) electrons. The van der Waals surface area contributed by atoms with E-state index < -0.39 is 0 Å². The summed E-state index contributed by atoms with van der Waals surface area (Å²) in [6, 6.07) is 10.2. The maximum atomic E-state index is 5.50. The highest BCUT2D eigenvalue weighted by Gasteiger charge is 2.12. The molecule has 0 aliphatic heterocycles. The Labute approximate surface area is 149 Å². The lowest BCUT2D eigenvalue weighted by atomic mass is 10.1. The lowest BCUT2D eigenvalue weighted by Gasteiger charge is -2.17. The van der Waals surface area contributed by atoms with Crippen LogP contribution in [0.25, 0.3) is 10.9 Å². The monoisotopic (exact) mass is 386 g/mol. The molecule has 5 nitrogen and oxygen atoms in total. The fraction of sp³-hybridized carbons (Fsp3) is 0.278. The number of pyridine rings is 1. The van der Waals surface area contributed by atoms with E-state index in [1.54, 1.807) is 6.20 Å². The second-order valence-corrected chi connectivity index (χ2v) is 6.43. The Morgan fingerprint density at radius 3 is 2.83 bits per heavy atom. The first kappa shape index (κ1) is 16.6. The molecule has 1 unspecified atom stereocenters. The summed E-state index contributed by atoms with van der Waals surface area (Å²) in [4.78, 5) is 13.3. The fourth-order valence-electron chi connectivity index (χ4n) is 2.53. The van der Waals surface area contributed by atoms with Gasteiger partial charge in [-0.25, -0.2) is 15.0 Å². The maximum absolute atomic E-state index is 5.50. The van der Waals surface area contributed by atoms with Crippen molar-refractivity contribution in [1.29, 1.82) is 0 Å². The molecule has 1 N–H and O–H groups in total. The van der Waals surface area contributed by atoms with Crippen LogP contribution in [-0.4, -0.2) is 21.6 Å². The van der Waals surface area contributed by atoms with Crippen LogP contribution in [0.4, 0.5) is 5.82 Å². The number of anilines is 1. The van der Waals surface area contributed by atoms with E-state index in [0.29, 0.717) is 18.3 Å². The second kappa shape index (κ2) is 7.13. The standard InChI is InChI=1S/C18H19BrN4O/c1-4-24-17-9-15-16(10-20-17)22-12(3)23-18(15)21-11(2)13-6-5-7-14(19)8-13/h5-11H,4H2,1-3H3,(H,21,22,23). The Bertz CT molecular complexity index is 869. The van der Waals surface area contributed by atoms with Crippen LogP contribution in [0.5, 0.6) is 5.88 Å². The number of hydrogen-bond donors (Lipinski definition) is 1. The van der Waals surface area contributed by atoms with Gasteiger partial charge in [-0.05, 0) is 38.5 Å². The third kappa shape index (κ3) is 3.64. The summed E-state index contributed by atoms with van der Waals surface area (Å²) < 4.78 is 6.56. The van der Waals surface area contributed by atoms with Crippen LogP contribution in [0.2, 0.25) is 0 Å². The summed E-state index contributed by atoms with van der Waals surface area (Å²) in [5.41, 5.74) is 1.97. The molecule has 124 valence electrons. The topological polar surface area (TPSA) is 59.9 Å². The second-order valence-electron chi connectivity index (χ2n) is 5.51. The van der Waals surface area contributed by atoms with E-state index in [-0.39, 0.29) is 6.04 Å². The molecule has 1 atom stereocenters. The van der Waals surface area contributed by atoms with Crippen molar-refractivity contribution in [2.24, 2.45) is 0 Å². The van der Waals surface area contributed by atoms with Gasteiger partial charge in [-0.1, -0.05) is 28.1 Å². The lowest BCUT2D eigenvalue weighted by molar-refractivity contribution is 0.327. The van der Waals surface area contributed by atoms with Crippen molar-refractivity contribution >= 4 is 32.7 Å². The van der Waals surface area contributed by atoms with Gasteiger partial charge in [0.1, 0.15) is 11.6 Å². The highest BCUT2D eigenvalue weighted by molar-refractivity contribution is 9.10. The molecule has 3 aromatic rings. The molecule has 0 spiro atoms. The summed E-state index contributed by atoms with van der Waals surface area (Å²) in [6.45, 7) is 6.50. The van der Waals surface area contributed by atoms with Crippen LogP contribution in [0, 0.1) is 6.92 Å². The molecule has 2 heterocycles. The normalized spacial score (nSPS) is 12.2. The molecule has 0 saturated carbocycles. The van der Waals surface area contributed by atoms with Crippen molar-refractivity contribution in [3.05, 3.63) is 52.4 Å². The Kier molecular flexibility index (Phi) is 4.94. The predicted molar refractivity (Wildman–Crippen MR) is 99.4 cm³/mol. The number of halogens is 1. The Hall–Kier alpha value is -2.21. The van der Waals surface area contributed by atoms with Gasteiger partial charge in [-0.15, -0.1) is 0 Å². The van der Waals surface area contributed by atoms with E-state index in [1.165, 1.54) is 5.56 Å². The molecule has 0 aliphatic carbocycles. The molecular weight excluding hydrogens is 368 g/mol. The van der Waals surface area contributed by atoms with Gasteiger partial charge in [0.05, 0.1) is 24.4 Å². The molecule has 6 heteroatoms. The zero-order valence-electron chi connectivity index (χ0n) is 13.9. The smallest absolute Gasteiger partial charge is 0.214 e. The number of nitrogens with zero attached hydrogens (tertiary/aromatic N) is 3. The van der Waals surface area contributed by atoms with Gasteiger partial charge < -0.3 is 10.1 Å². The van der Waals surface area contributed by atoms with E-state index in [9.17, 15) is 0 Å². The van der Waals surface area contributed by atoms with Crippen LogP contribution in [0.15, 0.2) is 41.0 Å². The molecule has 24 heavy (non-hydrogen) atoms. The molecule has 0 aliphatic rings. The molecule has 0 bridgehead atoms. The predicted octanol–water partition coefficient (Wildman–Crippen LogP) is 4.67. The molecule has 0 fully saturated rings. The van der Waals surface area contributed by atoms with Crippen LogP contribution >= 0.6 is 15.9 Å². The summed E-state index contributed by atoms with van der Waals surface area (Å²) in [5.74, 6) is 2.07. The average molecular weight is 387 g/mol. The van der Waals surface area contributed by atoms with E-state index in [2.05, 4.69) is 55.3 Å². The van der Waals surface area contributed by atoms with E-state index in [4.69, 9.17) is 4.74 Å². The number of aryl methyl sites for hydroxylation is 1. The molecule has 0 amide bonds. The van der Waals surface area contributed by atoms with Crippen LogP contribution in [-0.2, 0) is 0 Å². The third-order valence-electron chi connectivity index (χ3n) is 3.66. The van der Waals surface area contributed by atoms with E-state index in [0.717, 1.165) is 21.2 Å². The highest BCUT2D eigenvalue weighted by Crippen LogP contribution is 2.27. The van der Waals surface area contributed by atoms with Gasteiger partial charge in [0.2, 0.25) is 5.88 Å². The van der Waals surface area contributed by atoms with Crippen LogP contribution in [0.1, 0.15) is 31.3 Å². The first-order valence-corrected chi connectivity index (χ1v) is 8.65. The van der Waals surface area contributed by atoms with E-state index >= 15 is 0 Å². The van der Waals surface area contributed by atoms with Crippen molar-refractivity contribution in [1.82, 2.24) is 15.0 Å². The Balaban J connectivity index is 1.99. The number of benzene rings is 1. The van der Waals surface area contributed by atoms with Crippen LogP contribution < -0.4 is 10.1 Å². The number of ether oxygens (including phenoxy) is 1. The fourth-order valence-corrected chi connectivity index (χ4v) is 2.95. The summed E-state index contributed by atoms with van der Waals surface area (Å²) in [7, 11) is 0. The number of fused-ring (bicyclic) bond motifs is 1. The van der Waals surface area contributed by atoms with Gasteiger partial charge in [0.15, 0.2) is 0 Å². The minimum atomic E-state index is 0.101. The summed E-state index contributed by atoms with van der Waals surface area (Å²) in [5, 5.41) is 4.39. The van der Waals surface area contributed by atoms with Gasteiger partial charge in [0, 0.05) is 15.9 Å². The minimum Gasteiger partial charge on any atom is -0.478 e. The SMILES string of the molecule is CCOc1cc2c(NC(C)c3cccc(Br)c3)nc(C)nc2cn1. The minimum absolute atomic E-state index is 0.101. The maximum Gasteiger partial charge on any atom is 0.214 e. The zero-order chi connectivity index (χ0) is 17.1. The third-order valence-corrected chi connectivity index (χ3v) is 4.16. The molecule has 3 rings (SSSR count). The summed E-state index contributed by atoms with van der Waals surface area (Å²) in [6.07, 6.45) is 1.73. The number of aromatic nitrogens is 3. The molecule has 2 aromatic heterocycles. The first-order chi connectivity index (χ1) is 11.6. The van der Waals surface area contributed by atoms with Crippen LogP contribution in [0.3, 0.4) is 0 Å². The lowest BCUT2D eigenvalue weighted by Crippen LogP contribution is -2.10. The van der Waals surface area contributed by atoms with Gasteiger partial charge in [-0.3, -0.25) is 0 Å². The number of rotatable bonds is 5. The Morgan fingerprint density at radius 2 is 2.08 bits per heavy atom. The Morgan fingerprint density at radius 1 is 1.25 bits per heavy atom.